The second kappa shape index (κ2) is 4.92. The minimum atomic E-state index is 0.625. The van der Waals surface area contributed by atoms with Gasteiger partial charge in [0.2, 0.25) is 0 Å². The van der Waals surface area contributed by atoms with Gasteiger partial charge >= 0.3 is 0 Å². The molecule has 2 fully saturated rings. The van der Waals surface area contributed by atoms with Gasteiger partial charge < -0.3 is 10.6 Å². The molecule has 1 saturated carbocycles. The summed E-state index contributed by atoms with van der Waals surface area (Å²) < 4.78 is 1.96. The Morgan fingerprint density at radius 2 is 2.00 bits per heavy atom. The minimum absolute atomic E-state index is 0.625. The van der Waals surface area contributed by atoms with Crippen molar-refractivity contribution >= 4 is 5.82 Å². The molecule has 0 radical (unpaired) electrons. The van der Waals surface area contributed by atoms with Crippen molar-refractivity contribution in [1.29, 1.82) is 0 Å². The number of nitrogens with zero attached hydrogens (tertiary/aromatic N) is 3. The molecule has 1 spiro atoms. The maximum atomic E-state index is 5.63. The van der Waals surface area contributed by atoms with Crippen molar-refractivity contribution in [3.8, 4) is 0 Å². The Labute approximate surface area is 109 Å². The van der Waals surface area contributed by atoms with Crippen LogP contribution in [-0.2, 0) is 6.54 Å². The van der Waals surface area contributed by atoms with Crippen LogP contribution >= 0.6 is 0 Å². The highest BCUT2D eigenvalue weighted by Crippen LogP contribution is 2.43. The first kappa shape index (κ1) is 12.0. The first-order valence-corrected chi connectivity index (χ1v) is 7.27. The molecule has 0 atom stereocenters. The van der Waals surface area contributed by atoms with Crippen molar-refractivity contribution in [1.82, 2.24) is 14.7 Å². The van der Waals surface area contributed by atoms with E-state index in [2.05, 4.69) is 10.00 Å². The lowest BCUT2D eigenvalue weighted by atomic mass is 9.73. The first-order chi connectivity index (χ1) is 8.76. The van der Waals surface area contributed by atoms with Crippen LogP contribution in [0.15, 0.2) is 12.3 Å². The molecule has 0 bridgehead atoms. The number of hydrogen-bond acceptors (Lipinski definition) is 3. The van der Waals surface area contributed by atoms with E-state index in [0.717, 1.165) is 13.1 Å². The van der Waals surface area contributed by atoms with Crippen molar-refractivity contribution in [2.75, 3.05) is 25.4 Å². The molecule has 4 nitrogen and oxygen atoms in total. The van der Waals surface area contributed by atoms with E-state index in [1.807, 2.05) is 16.9 Å². The topological polar surface area (TPSA) is 47.1 Å². The van der Waals surface area contributed by atoms with E-state index in [-0.39, 0.29) is 0 Å². The Morgan fingerprint density at radius 3 is 2.72 bits per heavy atom. The average molecular weight is 248 g/mol. The smallest absolute Gasteiger partial charge is 0.145 e. The van der Waals surface area contributed by atoms with Crippen molar-refractivity contribution in [3.05, 3.63) is 12.3 Å². The number of hydrogen-bond donors (Lipinski definition) is 1. The molecule has 1 aromatic heterocycles. The van der Waals surface area contributed by atoms with Gasteiger partial charge in [0, 0.05) is 19.3 Å². The fraction of sp³-hybridized carbons (Fsp3) is 0.786. The molecule has 0 unspecified atom stereocenters. The van der Waals surface area contributed by atoms with Gasteiger partial charge in [-0.25, -0.2) is 0 Å². The van der Waals surface area contributed by atoms with Gasteiger partial charge in [-0.15, -0.1) is 0 Å². The largest absolute Gasteiger partial charge is 0.382 e. The molecule has 4 heteroatoms. The summed E-state index contributed by atoms with van der Waals surface area (Å²) in [6, 6.07) is 1.87. The first-order valence-electron chi connectivity index (χ1n) is 7.27. The quantitative estimate of drug-likeness (QED) is 0.891. The van der Waals surface area contributed by atoms with Gasteiger partial charge in [0.1, 0.15) is 5.82 Å². The number of rotatable bonds is 3. The molecule has 18 heavy (non-hydrogen) atoms. The van der Waals surface area contributed by atoms with Gasteiger partial charge in [-0.2, -0.15) is 5.10 Å². The van der Waals surface area contributed by atoms with Gasteiger partial charge in [-0.1, -0.05) is 19.3 Å². The zero-order chi connectivity index (χ0) is 12.4. The Morgan fingerprint density at radius 1 is 1.17 bits per heavy atom. The van der Waals surface area contributed by atoms with Gasteiger partial charge in [0.25, 0.3) is 0 Å². The van der Waals surface area contributed by atoms with Crippen LogP contribution in [0.25, 0.3) is 0 Å². The summed E-state index contributed by atoms with van der Waals surface area (Å²) >= 11 is 0. The molecular formula is C14H24N4. The fourth-order valence-electron chi connectivity index (χ4n) is 3.67. The molecule has 1 aliphatic carbocycles. The van der Waals surface area contributed by atoms with Crippen molar-refractivity contribution in [3.63, 3.8) is 0 Å². The summed E-state index contributed by atoms with van der Waals surface area (Å²) in [6.07, 6.45) is 10.6. The summed E-state index contributed by atoms with van der Waals surface area (Å²) in [7, 11) is 0. The lowest BCUT2D eigenvalue weighted by Gasteiger charge is -2.33. The van der Waals surface area contributed by atoms with Crippen LogP contribution in [-0.4, -0.2) is 34.3 Å². The maximum Gasteiger partial charge on any atom is 0.145 e. The van der Waals surface area contributed by atoms with E-state index in [0.29, 0.717) is 11.2 Å². The maximum absolute atomic E-state index is 5.63. The zero-order valence-corrected chi connectivity index (χ0v) is 11.1. The van der Waals surface area contributed by atoms with E-state index in [1.54, 1.807) is 0 Å². The zero-order valence-electron chi connectivity index (χ0n) is 11.1. The monoisotopic (exact) mass is 248 g/mol. The summed E-state index contributed by atoms with van der Waals surface area (Å²) in [4.78, 5) is 2.61. The highest BCUT2D eigenvalue weighted by atomic mass is 15.3. The molecule has 2 N–H and O–H groups in total. The van der Waals surface area contributed by atoms with Crippen LogP contribution in [0, 0.1) is 5.41 Å². The van der Waals surface area contributed by atoms with E-state index >= 15 is 0 Å². The summed E-state index contributed by atoms with van der Waals surface area (Å²) in [5.74, 6) is 0.625. The van der Waals surface area contributed by atoms with Crippen LogP contribution in [0.1, 0.15) is 38.5 Å². The summed E-state index contributed by atoms with van der Waals surface area (Å²) in [5, 5.41) is 4.24. The second-order valence-electron chi connectivity index (χ2n) is 6.09. The van der Waals surface area contributed by atoms with Crippen LogP contribution in [0.4, 0.5) is 5.82 Å². The number of nitrogens with two attached hydrogens (primary N) is 1. The van der Waals surface area contributed by atoms with E-state index in [9.17, 15) is 0 Å². The van der Waals surface area contributed by atoms with Gasteiger partial charge in [-0.05, 0) is 37.3 Å². The third kappa shape index (κ3) is 2.53. The second-order valence-corrected chi connectivity index (χ2v) is 6.09. The molecule has 3 rings (SSSR count). The molecule has 2 heterocycles. The Balaban J connectivity index is 1.50. The lowest BCUT2D eigenvalue weighted by molar-refractivity contribution is 0.183. The van der Waals surface area contributed by atoms with Gasteiger partial charge in [-0.3, -0.25) is 4.68 Å². The minimum Gasteiger partial charge on any atom is -0.382 e. The molecule has 100 valence electrons. The van der Waals surface area contributed by atoms with Crippen LogP contribution in [0.2, 0.25) is 0 Å². The molecule has 0 aromatic carbocycles. The van der Waals surface area contributed by atoms with Crippen molar-refractivity contribution in [2.45, 2.75) is 45.1 Å². The molecule has 0 amide bonds. The van der Waals surface area contributed by atoms with Crippen LogP contribution in [0.3, 0.4) is 0 Å². The van der Waals surface area contributed by atoms with E-state index < -0.39 is 0 Å². The Hall–Kier alpha value is -1.03. The van der Waals surface area contributed by atoms with Gasteiger partial charge in [0.05, 0.1) is 6.54 Å². The van der Waals surface area contributed by atoms with Crippen LogP contribution in [0.5, 0.6) is 0 Å². The standard InChI is InChI=1S/C14H24N4/c15-13-4-8-18(16-13)11-10-17-9-7-14(12-17)5-2-1-3-6-14/h4,8H,1-3,5-7,9-12H2,(H2,15,16). The molecule has 2 aliphatic rings. The Bertz CT molecular complexity index is 392. The molecule has 1 saturated heterocycles. The predicted octanol–water partition coefficient (Wildman–Crippen LogP) is 2.12. The number of aromatic nitrogens is 2. The van der Waals surface area contributed by atoms with Crippen LogP contribution < -0.4 is 5.73 Å². The van der Waals surface area contributed by atoms with E-state index in [1.165, 1.54) is 51.6 Å². The normalized spacial score (nSPS) is 23.8. The Kier molecular flexibility index (Phi) is 3.29. The lowest BCUT2D eigenvalue weighted by Crippen LogP contribution is -2.31. The van der Waals surface area contributed by atoms with Crippen molar-refractivity contribution < 1.29 is 0 Å². The summed E-state index contributed by atoms with van der Waals surface area (Å²) in [6.45, 7) is 4.66. The molecule has 1 aliphatic heterocycles. The highest BCUT2D eigenvalue weighted by molar-refractivity contribution is 5.23. The average Bonchev–Trinajstić information content (AvgIpc) is 2.96. The van der Waals surface area contributed by atoms with E-state index in [4.69, 9.17) is 5.73 Å². The number of anilines is 1. The van der Waals surface area contributed by atoms with Crippen molar-refractivity contribution in [2.24, 2.45) is 5.41 Å². The third-order valence-electron chi connectivity index (χ3n) is 4.74. The highest BCUT2D eigenvalue weighted by Gasteiger charge is 2.38. The molecule has 1 aromatic rings. The molecular weight excluding hydrogens is 224 g/mol. The SMILES string of the molecule is Nc1ccn(CCN2CCC3(CCCCC3)C2)n1. The number of likely N-dealkylation sites (tertiary alicyclic amines) is 1. The predicted molar refractivity (Wildman–Crippen MR) is 73.2 cm³/mol. The summed E-state index contributed by atoms with van der Waals surface area (Å²) in [5.41, 5.74) is 6.30. The fourth-order valence-corrected chi connectivity index (χ4v) is 3.67. The third-order valence-corrected chi connectivity index (χ3v) is 4.74. The number of nitrogen functional groups attached to an aromatic ring is 1. The van der Waals surface area contributed by atoms with Gasteiger partial charge in [0.15, 0.2) is 0 Å².